The molecule has 2 aliphatic rings. The third kappa shape index (κ3) is 3.40. The van der Waals surface area contributed by atoms with E-state index < -0.39 is 0 Å². The molecule has 0 bridgehead atoms. The van der Waals surface area contributed by atoms with Gasteiger partial charge in [-0.1, -0.05) is 12.1 Å². The van der Waals surface area contributed by atoms with E-state index in [0.717, 1.165) is 18.4 Å². The zero-order valence-corrected chi connectivity index (χ0v) is 11.8. The molecule has 1 aromatic carbocycles. The fourth-order valence-electron chi connectivity index (χ4n) is 2.91. The highest BCUT2D eigenvalue weighted by Crippen LogP contribution is 2.26. The molecule has 0 aromatic heterocycles. The highest BCUT2D eigenvalue weighted by molar-refractivity contribution is 5.80. The SMILES string of the molecule is O=C(NC1CCOCC1)C1CNNC1c1cccc(F)c1. The molecule has 2 unspecified atom stereocenters. The lowest BCUT2D eigenvalue weighted by Gasteiger charge is -2.26. The van der Waals surface area contributed by atoms with E-state index in [2.05, 4.69) is 16.2 Å². The molecule has 2 aliphatic heterocycles. The predicted molar refractivity (Wildman–Crippen MR) is 75.8 cm³/mol. The molecular formula is C15H20FN3O2. The molecule has 0 radical (unpaired) electrons. The van der Waals surface area contributed by atoms with Crippen molar-refractivity contribution in [3.63, 3.8) is 0 Å². The van der Waals surface area contributed by atoms with Gasteiger partial charge in [0.1, 0.15) is 5.82 Å². The van der Waals surface area contributed by atoms with Crippen LogP contribution in [0, 0.1) is 11.7 Å². The van der Waals surface area contributed by atoms with Gasteiger partial charge in [0.2, 0.25) is 5.91 Å². The van der Waals surface area contributed by atoms with Crippen LogP contribution in [0.15, 0.2) is 24.3 Å². The maximum Gasteiger partial charge on any atom is 0.226 e. The van der Waals surface area contributed by atoms with Gasteiger partial charge in [-0.25, -0.2) is 9.82 Å². The number of benzene rings is 1. The van der Waals surface area contributed by atoms with Crippen molar-refractivity contribution >= 4 is 5.91 Å². The van der Waals surface area contributed by atoms with Gasteiger partial charge in [0, 0.05) is 25.8 Å². The fourth-order valence-corrected chi connectivity index (χ4v) is 2.91. The number of carbonyl (C=O) groups excluding carboxylic acids is 1. The van der Waals surface area contributed by atoms with Crippen LogP contribution < -0.4 is 16.2 Å². The van der Waals surface area contributed by atoms with Gasteiger partial charge in [0.25, 0.3) is 0 Å². The minimum atomic E-state index is -0.287. The van der Waals surface area contributed by atoms with Gasteiger partial charge in [-0.2, -0.15) is 0 Å². The third-order valence-corrected chi connectivity index (χ3v) is 4.09. The summed E-state index contributed by atoms with van der Waals surface area (Å²) in [6.45, 7) is 1.93. The fraction of sp³-hybridized carbons (Fsp3) is 0.533. The maximum atomic E-state index is 13.4. The standard InChI is InChI=1S/C15H20FN3O2/c16-11-3-1-2-10(8-11)14-13(9-17-19-14)15(20)18-12-4-6-21-7-5-12/h1-3,8,12-14,17,19H,4-7,9H2,(H,18,20). The van der Waals surface area contributed by atoms with Crippen LogP contribution in [0.3, 0.4) is 0 Å². The van der Waals surface area contributed by atoms with Crippen molar-refractivity contribution in [3.05, 3.63) is 35.6 Å². The van der Waals surface area contributed by atoms with Crippen molar-refractivity contribution in [1.29, 1.82) is 0 Å². The summed E-state index contributed by atoms with van der Waals surface area (Å²) in [6.07, 6.45) is 1.70. The third-order valence-electron chi connectivity index (χ3n) is 4.09. The summed E-state index contributed by atoms with van der Waals surface area (Å²) in [5.41, 5.74) is 6.85. The van der Waals surface area contributed by atoms with Crippen LogP contribution in [-0.2, 0) is 9.53 Å². The van der Waals surface area contributed by atoms with Crippen LogP contribution in [0.1, 0.15) is 24.4 Å². The first-order chi connectivity index (χ1) is 10.2. The first-order valence-corrected chi connectivity index (χ1v) is 7.36. The Labute approximate surface area is 123 Å². The van der Waals surface area contributed by atoms with E-state index in [0.29, 0.717) is 19.8 Å². The van der Waals surface area contributed by atoms with Crippen LogP contribution in [-0.4, -0.2) is 31.7 Å². The topological polar surface area (TPSA) is 62.4 Å². The van der Waals surface area contributed by atoms with Gasteiger partial charge >= 0.3 is 0 Å². The summed E-state index contributed by atoms with van der Waals surface area (Å²) in [5, 5.41) is 3.08. The molecule has 114 valence electrons. The lowest BCUT2D eigenvalue weighted by Crippen LogP contribution is -2.43. The Morgan fingerprint density at radius 3 is 2.90 bits per heavy atom. The molecule has 5 nitrogen and oxygen atoms in total. The smallest absolute Gasteiger partial charge is 0.226 e. The molecule has 0 spiro atoms. The van der Waals surface area contributed by atoms with Crippen molar-refractivity contribution in [3.8, 4) is 0 Å². The first-order valence-electron chi connectivity index (χ1n) is 7.36. The Bertz CT molecular complexity index is 505. The second-order valence-corrected chi connectivity index (χ2v) is 5.56. The number of hydrogen-bond acceptors (Lipinski definition) is 4. The van der Waals surface area contributed by atoms with E-state index in [1.54, 1.807) is 6.07 Å². The molecule has 21 heavy (non-hydrogen) atoms. The number of rotatable bonds is 3. The first kappa shape index (κ1) is 14.4. The van der Waals surface area contributed by atoms with Gasteiger partial charge in [-0.15, -0.1) is 0 Å². The summed E-state index contributed by atoms with van der Waals surface area (Å²) < 4.78 is 18.7. The highest BCUT2D eigenvalue weighted by Gasteiger charge is 2.35. The van der Waals surface area contributed by atoms with Gasteiger partial charge in [0.05, 0.1) is 12.0 Å². The van der Waals surface area contributed by atoms with Crippen molar-refractivity contribution < 1.29 is 13.9 Å². The maximum absolute atomic E-state index is 13.4. The Morgan fingerprint density at radius 2 is 2.14 bits per heavy atom. The molecule has 1 amide bonds. The number of hydrogen-bond donors (Lipinski definition) is 3. The van der Waals surface area contributed by atoms with Crippen LogP contribution in [0.2, 0.25) is 0 Å². The molecule has 1 aromatic rings. The normalized spacial score (nSPS) is 26.7. The molecule has 0 saturated carbocycles. The molecular weight excluding hydrogens is 273 g/mol. The number of carbonyl (C=O) groups is 1. The second kappa shape index (κ2) is 6.51. The van der Waals surface area contributed by atoms with Crippen molar-refractivity contribution in [2.75, 3.05) is 19.8 Å². The zero-order chi connectivity index (χ0) is 14.7. The number of amides is 1. The lowest BCUT2D eigenvalue weighted by atomic mass is 9.93. The van der Waals surface area contributed by atoms with Gasteiger partial charge < -0.3 is 10.1 Å². The Balaban J connectivity index is 1.67. The molecule has 3 N–H and O–H groups in total. The van der Waals surface area contributed by atoms with Crippen molar-refractivity contribution in [2.45, 2.75) is 24.9 Å². The lowest BCUT2D eigenvalue weighted by molar-refractivity contribution is -0.126. The van der Waals surface area contributed by atoms with E-state index >= 15 is 0 Å². The zero-order valence-electron chi connectivity index (χ0n) is 11.8. The summed E-state index contributed by atoms with van der Waals surface area (Å²) in [4.78, 5) is 12.5. The summed E-state index contributed by atoms with van der Waals surface area (Å²) >= 11 is 0. The molecule has 2 saturated heterocycles. The second-order valence-electron chi connectivity index (χ2n) is 5.56. The largest absolute Gasteiger partial charge is 0.381 e. The predicted octanol–water partition coefficient (Wildman–Crippen LogP) is 0.886. The van der Waals surface area contributed by atoms with Gasteiger partial charge in [-0.3, -0.25) is 10.2 Å². The monoisotopic (exact) mass is 293 g/mol. The molecule has 2 fully saturated rings. The van der Waals surface area contributed by atoms with Crippen LogP contribution in [0.4, 0.5) is 4.39 Å². The van der Waals surface area contributed by atoms with Gasteiger partial charge in [-0.05, 0) is 30.5 Å². The van der Waals surface area contributed by atoms with Crippen LogP contribution in [0.5, 0.6) is 0 Å². The number of nitrogens with one attached hydrogen (secondary N) is 3. The molecule has 2 heterocycles. The molecule has 3 rings (SSSR count). The number of halogens is 1. The summed E-state index contributed by atoms with van der Waals surface area (Å²) in [6, 6.07) is 6.35. The van der Waals surface area contributed by atoms with E-state index in [9.17, 15) is 9.18 Å². The average molecular weight is 293 g/mol. The van der Waals surface area contributed by atoms with E-state index in [4.69, 9.17) is 4.74 Å². The summed E-state index contributed by atoms with van der Waals surface area (Å²) in [5.74, 6) is -0.520. The minimum absolute atomic E-state index is 0.00802. The summed E-state index contributed by atoms with van der Waals surface area (Å²) in [7, 11) is 0. The Morgan fingerprint density at radius 1 is 1.33 bits per heavy atom. The molecule has 0 aliphatic carbocycles. The Kier molecular flexibility index (Phi) is 4.48. The van der Waals surface area contributed by atoms with Crippen molar-refractivity contribution in [2.24, 2.45) is 5.92 Å². The van der Waals surface area contributed by atoms with E-state index in [1.807, 2.05) is 6.07 Å². The van der Waals surface area contributed by atoms with E-state index in [-0.39, 0.29) is 29.7 Å². The average Bonchev–Trinajstić information content (AvgIpc) is 2.98. The molecule has 2 atom stereocenters. The van der Waals surface area contributed by atoms with Crippen molar-refractivity contribution in [1.82, 2.24) is 16.2 Å². The highest BCUT2D eigenvalue weighted by atomic mass is 19.1. The Hall–Kier alpha value is -1.50. The minimum Gasteiger partial charge on any atom is -0.381 e. The quantitative estimate of drug-likeness (QED) is 0.774. The number of ether oxygens (including phenoxy) is 1. The van der Waals surface area contributed by atoms with Crippen LogP contribution >= 0.6 is 0 Å². The van der Waals surface area contributed by atoms with Crippen LogP contribution in [0.25, 0.3) is 0 Å². The van der Waals surface area contributed by atoms with E-state index in [1.165, 1.54) is 12.1 Å². The number of hydrazine groups is 1. The van der Waals surface area contributed by atoms with Gasteiger partial charge in [0.15, 0.2) is 0 Å². The molecule has 6 heteroatoms.